The van der Waals surface area contributed by atoms with Crippen molar-refractivity contribution in [2.45, 2.75) is 33.2 Å². The second-order valence-corrected chi connectivity index (χ2v) is 6.84. The molecule has 128 valence electrons. The lowest BCUT2D eigenvalue weighted by Crippen LogP contribution is -2.36. The van der Waals surface area contributed by atoms with Gasteiger partial charge in [0.1, 0.15) is 0 Å². The third-order valence-electron chi connectivity index (χ3n) is 3.52. The molecule has 6 heteroatoms. The topological polar surface area (TPSA) is 80.3 Å². The Hall–Kier alpha value is -3.02. The van der Waals surface area contributed by atoms with E-state index in [1.165, 1.54) is 0 Å². The van der Waals surface area contributed by atoms with Gasteiger partial charge in [-0.1, -0.05) is 18.2 Å². The second kappa shape index (κ2) is 6.47. The number of anilines is 2. The monoisotopic (exact) mass is 334 g/mol. The van der Waals surface area contributed by atoms with E-state index in [1.54, 1.807) is 18.6 Å². The van der Waals surface area contributed by atoms with Gasteiger partial charge in [0, 0.05) is 23.5 Å². The summed E-state index contributed by atoms with van der Waals surface area (Å²) in [6.45, 7) is 7.97. The Balaban J connectivity index is 2.28. The molecule has 0 aliphatic carbocycles. The van der Waals surface area contributed by atoms with Crippen molar-refractivity contribution in [3.8, 4) is 0 Å². The number of fused-ring (bicyclic) bond motifs is 1. The first-order valence-electron chi connectivity index (χ1n) is 8.13. The van der Waals surface area contributed by atoms with Gasteiger partial charge in [0.2, 0.25) is 5.96 Å². The lowest BCUT2D eigenvalue weighted by molar-refractivity contribution is 0.581. The molecule has 1 aromatic carbocycles. The number of hydrogen-bond acceptors (Lipinski definition) is 4. The normalized spacial score (nSPS) is 12.4. The van der Waals surface area contributed by atoms with E-state index < -0.39 is 0 Å². The molecular weight excluding hydrogens is 312 g/mol. The minimum atomic E-state index is -0.317. The molecule has 0 atom stereocenters. The number of rotatable bonds is 2. The Bertz CT molecular complexity index is 912. The number of aryl methyl sites for hydroxylation is 1. The minimum absolute atomic E-state index is 0.317. The first-order valence-corrected chi connectivity index (χ1v) is 8.13. The standard InChI is InChI=1S/C19H22N6/c1-13-11-16(14-7-5-6-8-15(14)23-13)25(17-12-21-9-10-22-17)18(20)24-19(2,3)4/h5-12H,1-4H3,(H2,20,24). The van der Waals surface area contributed by atoms with Gasteiger partial charge in [-0.15, -0.1) is 0 Å². The number of guanidine groups is 1. The highest BCUT2D eigenvalue weighted by Crippen LogP contribution is 2.31. The molecule has 0 aliphatic heterocycles. The smallest absolute Gasteiger partial charge is 0.202 e. The second-order valence-electron chi connectivity index (χ2n) is 6.84. The summed E-state index contributed by atoms with van der Waals surface area (Å²) in [7, 11) is 0. The summed E-state index contributed by atoms with van der Waals surface area (Å²) in [5.74, 6) is 0.979. The van der Waals surface area contributed by atoms with E-state index >= 15 is 0 Å². The van der Waals surface area contributed by atoms with E-state index in [2.05, 4.69) is 19.9 Å². The molecule has 3 aromatic rings. The lowest BCUT2D eigenvalue weighted by atomic mass is 10.1. The van der Waals surface area contributed by atoms with Gasteiger partial charge >= 0.3 is 0 Å². The van der Waals surface area contributed by atoms with Crippen LogP contribution in [0.2, 0.25) is 0 Å². The lowest BCUT2D eigenvalue weighted by Gasteiger charge is -2.26. The van der Waals surface area contributed by atoms with E-state index in [9.17, 15) is 0 Å². The number of para-hydroxylation sites is 1. The van der Waals surface area contributed by atoms with E-state index in [-0.39, 0.29) is 5.54 Å². The molecule has 0 spiro atoms. The summed E-state index contributed by atoms with van der Waals surface area (Å²) in [6.07, 6.45) is 4.95. The zero-order valence-electron chi connectivity index (χ0n) is 14.9. The molecule has 6 nitrogen and oxygen atoms in total. The van der Waals surface area contributed by atoms with Gasteiger partial charge in [-0.05, 0) is 39.8 Å². The highest BCUT2D eigenvalue weighted by molar-refractivity contribution is 6.07. The predicted molar refractivity (Wildman–Crippen MR) is 102 cm³/mol. The molecule has 0 saturated carbocycles. The largest absolute Gasteiger partial charge is 0.369 e. The Morgan fingerprint density at radius 2 is 1.92 bits per heavy atom. The molecule has 3 rings (SSSR count). The summed E-state index contributed by atoms with van der Waals surface area (Å²) >= 11 is 0. The molecule has 0 aliphatic rings. The average molecular weight is 334 g/mol. The fourth-order valence-electron chi connectivity index (χ4n) is 2.64. The fourth-order valence-corrected chi connectivity index (χ4v) is 2.64. The Labute approximate surface area is 147 Å². The Morgan fingerprint density at radius 3 is 2.60 bits per heavy atom. The van der Waals surface area contributed by atoms with Crippen molar-refractivity contribution in [1.82, 2.24) is 15.0 Å². The molecule has 2 N–H and O–H groups in total. The first-order chi connectivity index (χ1) is 11.8. The van der Waals surface area contributed by atoms with Gasteiger partial charge in [0.15, 0.2) is 5.82 Å². The third-order valence-corrected chi connectivity index (χ3v) is 3.52. The number of pyridine rings is 1. The van der Waals surface area contributed by atoms with Crippen LogP contribution in [-0.2, 0) is 0 Å². The highest BCUT2D eigenvalue weighted by Gasteiger charge is 2.21. The van der Waals surface area contributed by atoms with Crippen LogP contribution in [0.15, 0.2) is 53.9 Å². The van der Waals surface area contributed by atoms with Gasteiger partial charge in [-0.25, -0.2) is 9.98 Å². The van der Waals surface area contributed by atoms with Crippen LogP contribution in [-0.4, -0.2) is 26.5 Å². The van der Waals surface area contributed by atoms with Crippen molar-refractivity contribution < 1.29 is 0 Å². The molecule has 0 amide bonds. The van der Waals surface area contributed by atoms with Crippen molar-refractivity contribution in [2.24, 2.45) is 10.7 Å². The Morgan fingerprint density at radius 1 is 1.16 bits per heavy atom. The number of hydrogen-bond donors (Lipinski definition) is 1. The van der Waals surface area contributed by atoms with Crippen molar-refractivity contribution in [2.75, 3.05) is 4.90 Å². The van der Waals surface area contributed by atoms with Crippen LogP contribution in [0.3, 0.4) is 0 Å². The molecule has 0 fully saturated rings. The van der Waals surface area contributed by atoms with Gasteiger partial charge < -0.3 is 5.73 Å². The maximum absolute atomic E-state index is 6.40. The van der Waals surface area contributed by atoms with Crippen LogP contribution in [0.25, 0.3) is 10.9 Å². The van der Waals surface area contributed by atoms with Gasteiger partial charge in [0.25, 0.3) is 0 Å². The third kappa shape index (κ3) is 3.74. The van der Waals surface area contributed by atoms with Gasteiger partial charge in [-0.3, -0.25) is 14.9 Å². The summed E-state index contributed by atoms with van der Waals surface area (Å²) in [6, 6.07) is 9.94. The first kappa shape index (κ1) is 16.8. The predicted octanol–water partition coefficient (Wildman–Crippen LogP) is 3.58. The van der Waals surface area contributed by atoms with Crippen LogP contribution in [0.4, 0.5) is 11.5 Å². The molecule has 25 heavy (non-hydrogen) atoms. The summed E-state index contributed by atoms with van der Waals surface area (Å²) in [5, 5.41) is 0.978. The molecular formula is C19H22N6. The van der Waals surface area contributed by atoms with Crippen LogP contribution in [0.1, 0.15) is 26.5 Å². The van der Waals surface area contributed by atoms with Crippen LogP contribution >= 0.6 is 0 Å². The highest BCUT2D eigenvalue weighted by atomic mass is 15.3. The van der Waals surface area contributed by atoms with E-state index in [4.69, 9.17) is 5.73 Å². The molecule has 2 aromatic heterocycles. The van der Waals surface area contributed by atoms with E-state index in [0.717, 1.165) is 22.3 Å². The molecule has 2 heterocycles. The van der Waals surface area contributed by atoms with Crippen molar-refractivity contribution in [3.05, 3.63) is 54.6 Å². The SMILES string of the molecule is Cc1cc(N(C(N)=NC(C)(C)C)c2cnccn2)c2ccccc2n1. The zero-order chi connectivity index (χ0) is 18.0. The number of nitrogens with zero attached hydrogens (tertiary/aromatic N) is 5. The summed E-state index contributed by atoms with van der Waals surface area (Å²) in [5.41, 5.74) is 8.76. The van der Waals surface area contributed by atoms with Crippen LogP contribution in [0.5, 0.6) is 0 Å². The minimum Gasteiger partial charge on any atom is -0.369 e. The number of nitrogens with two attached hydrogens (primary N) is 1. The number of aliphatic imine (C=N–C) groups is 1. The maximum Gasteiger partial charge on any atom is 0.202 e. The molecule has 0 unspecified atom stereocenters. The summed E-state index contributed by atoms with van der Waals surface area (Å²) < 4.78 is 0. The van der Waals surface area contributed by atoms with E-state index in [0.29, 0.717) is 11.8 Å². The fraction of sp³-hybridized carbons (Fsp3) is 0.263. The Kier molecular flexibility index (Phi) is 4.35. The van der Waals surface area contributed by atoms with Crippen molar-refractivity contribution in [1.29, 1.82) is 0 Å². The quantitative estimate of drug-likeness (QED) is 0.572. The van der Waals surface area contributed by atoms with Crippen molar-refractivity contribution in [3.63, 3.8) is 0 Å². The maximum atomic E-state index is 6.40. The van der Waals surface area contributed by atoms with Crippen LogP contribution in [0, 0.1) is 6.92 Å². The molecule has 0 saturated heterocycles. The summed E-state index contributed by atoms with van der Waals surface area (Å²) in [4.78, 5) is 19.7. The average Bonchev–Trinajstić information content (AvgIpc) is 2.54. The number of aromatic nitrogens is 3. The van der Waals surface area contributed by atoms with Gasteiger partial charge in [-0.2, -0.15) is 0 Å². The van der Waals surface area contributed by atoms with E-state index in [1.807, 2.05) is 62.9 Å². The van der Waals surface area contributed by atoms with Crippen molar-refractivity contribution >= 4 is 28.4 Å². The zero-order valence-corrected chi connectivity index (χ0v) is 14.9. The molecule has 0 bridgehead atoms. The van der Waals surface area contributed by atoms with Crippen LogP contribution < -0.4 is 10.6 Å². The number of benzene rings is 1. The molecule has 0 radical (unpaired) electrons. The van der Waals surface area contributed by atoms with Gasteiger partial charge in [0.05, 0.1) is 22.9 Å².